The highest BCUT2D eigenvalue weighted by Crippen LogP contribution is 2.26. The van der Waals surface area contributed by atoms with Gasteiger partial charge in [0, 0.05) is 57.8 Å². The number of nitrogen functional groups attached to an aromatic ring is 1. The standard InChI is InChI=1S/C28H21N7O/c29-17-18-4-9-25-24(14-18)26(11-13-31-25)34-20-7-5-19(6-8-20)28(36)35-22-3-1-2-21(15-22)33-23-10-12-32-27(30)16-23/h1-16H,(H,31,34)(H,35,36)(H3,30,32,33). The number of amides is 1. The van der Waals surface area contributed by atoms with Crippen LogP contribution in [0, 0.1) is 11.3 Å². The molecule has 0 aliphatic heterocycles. The van der Waals surface area contributed by atoms with Crippen LogP contribution in [0.3, 0.4) is 0 Å². The fourth-order valence-electron chi connectivity index (χ4n) is 3.76. The first kappa shape index (κ1) is 22.4. The predicted molar refractivity (Wildman–Crippen MR) is 143 cm³/mol. The Labute approximate surface area is 207 Å². The van der Waals surface area contributed by atoms with Crippen LogP contribution in [0.5, 0.6) is 0 Å². The molecule has 0 radical (unpaired) electrons. The lowest BCUT2D eigenvalue weighted by molar-refractivity contribution is 0.102. The van der Waals surface area contributed by atoms with Gasteiger partial charge in [-0.15, -0.1) is 0 Å². The third-order valence-corrected chi connectivity index (χ3v) is 5.49. The number of nitrogens with one attached hydrogen (secondary N) is 3. The molecule has 0 unspecified atom stereocenters. The van der Waals surface area contributed by atoms with E-state index in [1.54, 1.807) is 42.7 Å². The molecule has 0 bridgehead atoms. The molecule has 174 valence electrons. The van der Waals surface area contributed by atoms with Gasteiger partial charge < -0.3 is 21.7 Å². The average molecular weight is 472 g/mol. The Hall–Kier alpha value is -5.42. The molecule has 8 heteroatoms. The van der Waals surface area contributed by atoms with Crippen LogP contribution >= 0.6 is 0 Å². The average Bonchev–Trinajstić information content (AvgIpc) is 2.89. The molecule has 0 aliphatic rings. The molecule has 1 amide bonds. The Morgan fingerprint density at radius 1 is 0.778 bits per heavy atom. The number of hydrogen-bond donors (Lipinski definition) is 4. The normalized spacial score (nSPS) is 10.4. The number of nitriles is 1. The number of fused-ring (bicyclic) bond motifs is 1. The summed E-state index contributed by atoms with van der Waals surface area (Å²) in [6.45, 7) is 0. The quantitative estimate of drug-likeness (QED) is 0.245. The second-order valence-electron chi connectivity index (χ2n) is 8.03. The predicted octanol–water partition coefficient (Wildman–Crippen LogP) is 5.82. The van der Waals surface area contributed by atoms with Crippen molar-refractivity contribution >= 4 is 51.1 Å². The highest BCUT2D eigenvalue weighted by atomic mass is 16.1. The number of carbonyl (C=O) groups excluding carboxylic acids is 1. The van der Waals surface area contributed by atoms with Gasteiger partial charge in [-0.05, 0) is 72.8 Å². The summed E-state index contributed by atoms with van der Waals surface area (Å²) in [6.07, 6.45) is 3.34. The van der Waals surface area contributed by atoms with E-state index in [4.69, 9.17) is 5.73 Å². The zero-order valence-corrected chi connectivity index (χ0v) is 19.1. The maximum absolute atomic E-state index is 12.8. The zero-order valence-electron chi connectivity index (χ0n) is 19.1. The molecule has 0 fully saturated rings. The van der Waals surface area contributed by atoms with E-state index in [1.165, 1.54) is 0 Å². The molecule has 36 heavy (non-hydrogen) atoms. The minimum atomic E-state index is -0.222. The molecule has 0 saturated carbocycles. The van der Waals surface area contributed by atoms with Crippen molar-refractivity contribution in [2.24, 2.45) is 0 Å². The second kappa shape index (κ2) is 9.83. The van der Waals surface area contributed by atoms with E-state index in [2.05, 4.69) is 32.0 Å². The molecule has 5 rings (SSSR count). The SMILES string of the molecule is N#Cc1ccc2nccc(Nc3ccc(C(=O)Nc4cccc(Nc5ccnc(N)c5)c4)cc3)c2c1. The van der Waals surface area contributed by atoms with Crippen molar-refractivity contribution in [3.63, 3.8) is 0 Å². The summed E-state index contributed by atoms with van der Waals surface area (Å²) in [6, 6.07) is 27.5. The third kappa shape index (κ3) is 5.05. The van der Waals surface area contributed by atoms with Gasteiger partial charge in [0.05, 0.1) is 17.1 Å². The topological polar surface area (TPSA) is 129 Å². The maximum atomic E-state index is 12.8. The monoisotopic (exact) mass is 471 g/mol. The number of pyridine rings is 2. The Kier molecular flexibility index (Phi) is 6.11. The van der Waals surface area contributed by atoms with Crippen molar-refractivity contribution in [1.29, 1.82) is 5.26 Å². The van der Waals surface area contributed by atoms with E-state index in [0.29, 0.717) is 22.6 Å². The first-order chi connectivity index (χ1) is 17.6. The number of hydrogen-bond acceptors (Lipinski definition) is 7. The largest absolute Gasteiger partial charge is 0.384 e. The second-order valence-corrected chi connectivity index (χ2v) is 8.03. The molecule has 8 nitrogen and oxygen atoms in total. The number of rotatable bonds is 6. The highest BCUT2D eigenvalue weighted by Gasteiger charge is 2.08. The highest BCUT2D eigenvalue weighted by molar-refractivity contribution is 6.04. The summed E-state index contributed by atoms with van der Waals surface area (Å²) < 4.78 is 0. The van der Waals surface area contributed by atoms with Crippen LogP contribution in [0.4, 0.5) is 34.3 Å². The summed E-state index contributed by atoms with van der Waals surface area (Å²) >= 11 is 0. The summed E-state index contributed by atoms with van der Waals surface area (Å²) in [5.74, 6) is 0.200. The summed E-state index contributed by atoms with van der Waals surface area (Å²) in [5.41, 5.74) is 11.5. The molecule has 0 saturated heterocycles. The van der Waals surface area contributed by atoms with Crippen LogP contribution < -0.4 is 21.7 Å². The first-order valence-corrected chi connectivity index (χ1v) is 11.1. The lowest BCUT2D eigenvalue weighted by Crippen LogP contribution is -2.11. The van der Waals surface area contributed by atoms with Crippen molar-refractivity contribution in [2.75, 3.05) is 21.7 Å². The minimum absolute atomic E-state index is 0.222. The van der Waals surface area contributed by atoms with E-state index >= 15 is 0 Å². The molecule has 2 aromatic heterocycles. The van der Waals surface area contributed by atoms with Crippen LogP contribution in [-0.4, -0.2) is 15.9 Å². The van der Waals surface area contributed by atoms with Crippen LogP contribution in [-0.2, 0) is 0 Å². The minimum Gasteiger partial charge on any atom is -0.384 e. The molecule has 5 N–H and O–H groups in total. The van der Waals surface area contributed by atoms with E-state index in [0.717, 1.165) is 33.7 Å². The molecule has 3 aromatic carbocycles. The molecule has 0 spiro atoms. The lowest BCUT2D eigenvalue weighted by atomic mass is 10.1. The van der Waals surface area contributed by atoms with Crippen molar-refractivity contribution in [1.82, 2.24) is 9.97 Å². The molecule has 2 heterocycles. The van der Waals surface area contributed by atoms with Crippen molar-refractivity contribution in [3.8, 4) is 6.07 Å². The zero-order chi connectivity index (χ0) is 24.9. The van der Waals surface area contributed by atoms with Gasteiger partial charge in [0.1, 0.15) is 5.82 Å². The van der Waals surface area contributed by atoms with Gasteiger partial charge in [-0.25, -0.2) is 4.98 Å². The van der Waals surface area contributed by atoms with Crippen molar-refractivity contribution < 1.29 is 4.79 Å². The number of carbonyl (C=O) groups is 1. The fraction of sp³-hybridized carbons (Fsp3) is 0. The number of nitrogens with zero attached hydrogens (tertiary/aromatic N) is 3. The number of nitrogens with two attached hydrogens (primary N) is 1. The fourth-order valence-corrected chi connectivity index (χ4v) is 3.76. The third-order valence-electron chi connectivity index (χ3n) is 5.49. The molecule has 0 atom stereocenters. The number of anilines is 6. The van der Waals surface area contributed by atoms with Crippen LogP contribution in [0.1, 0.15) is 15.9 Å². The van der Waals surface area contributed by atoms with Gasteiger partial charge in [0.25, 0.3) is 5.91 Å². The van der Waals surface area contributed by atoms with Crippen LogP contribution in [0.15, 0.2) is 97.3 Å². The van der Waals surface area contributed by atoms with Crippen molar-refractivity contribution in [2.45, 2.75) is 0 Å². The van der Waals surface area contributed by atoms with Crippen molar-refractivity contribution in [3.05, 3.63) is 108 Å². The summed E-state index contributed by atoms with van der Waals surface area (Å²) in [7, 11) is 0. The Morgan fingerprint density at radius 3 is 2.36 bits per heavy atom. The van der Waals surface area contributed by atoms with E-state index in [-0.39, 0.29) is 5.91 Å². The molecular formula is C28H21N7O. The van der Waals surface area contributed by atoms with Gasteiger partial charge in [-0.1, -0.05) is 6.07 Å². The van der Waals surface area contributed by atoms with Crippen LogP contribution in [0.2, 0.25) is 0 Å². The Morgan fingerprint density at radius 2 is 1.56 bits per heavy atom. The Bertz CT molecular complexity index is 1610. The van der Waals surface area contributed by atoms with Gasteiger partial charge in [0.15, 0.2) is 0 Å². The summed E-state index contributed by atoms with van der Waals surface area (Å²) in [4.78, 5) is 21.2. The number of aromatic nitrogens is 2. The molecule has 5 aromatic rings. The maximum Gasteiger partial charge on any atom is 0.255 e. The molecule has 0 aliphatic carbocycles. The first-order valence-electron chi connectivity index (χ1n) is 11.1. The van der Waals surface area contributed by atoms with Gasteiger partial charge in [-0.3, -0.25) is 9.78 Å². The van der Waals surface area contributed by atoms with Gasteiger partial charge >= 0.3 is 0 Å². The van der Waals surface area contributed by atoms with Gasteiger partial charge in [0.2, 0.25) is 0 Å². The van der Waals surface area contributed by atoms with Crippen LogP contribution in [0.25, 0.3) is 10.9 Å². The summed E-state index contributed by atoms with van der Waals surface area (Å²) in [5, 5.41) is 19.6. The number of benzene rings is 3. The van der Waals surface area contributed by atoms with E-state index in [9.17, 15) is 10.1 Å². The lowest BCUT2D eigenvalue weighted by Gasteiger charge is -2.11. The van der Waals surface area contributed by atoms with E-state index < -0.39 is 0 Å². The molecular weight excluding hydrogens is 450 g/mol. The smallest absolute Gasteiger partial charge is 0.255 e. The van der Waals surface area contributed by atoms with Gasteiger partial charge in [-0.2, -0.15) is 5.26 Å². The van der Waals surface area contributed by atoms with E-state index in [1.807, 2.05) is 54.6 Å². The Balaban J connectivity index is 1.28.